The van der Waals surface area contributed by atoms with Gasteiger partial charge >= 0.3 is 5.97 Å². The Morgan fingerprint density at radius 3 is 2.64 bits per heavy atom. The summed E-state index contributed by atoms with van der Waals surface area (Å²) < 4.78 is 7.92. The van der Waals surface area contributed by atoms with Gasteiger partial charge in [-0.05, 0) is 30.9 Å². The summed E-state index contributed by atoms with van der Waals surface area (Å²) in [7, 11) is 0. The Balaban J connectivity index is 2.18. The first-order valence-electron chi connectivity index (χ1n) is 8.23. The molecule has 1 aromatic carbocycles. The summed E-state index contributed by atoms with van der Waals surface area (Å²) >= 11 is 1.17. The van der Waals surface area contributed by atoms with Gasteiger partial charge in [0.15, 0.2) is 11.0 Å². The summed E-state index contributed by atoms with van der Waals surface area (Å²) in [6.07, 6.45) is 0. The van der Waals surface area contributed by atoms with Gasteiger partial charge in [0.25, 0.3) is 0 Å². The van der Waals surface area contributed by atoms with Crippen LogP contribution >= 0.6 is 11.8 Å². The van der Waals surface area contributed by atoms with Gasteiger partial charge in [-0.1, -0.05) is 50.2 Å². The monoisotopic (exact) mass is 363 g/mol. The molecular formula is C18H25N3O3S. The van der Waals surface area contributed by atoms with Crippen LogP contribution < -0.4 is 4.74 Å². The zero-order valence-electron chi connectivity index (χ0n) is 15.4. The van der Waals surface area contributed by atoms with Crippen molar-refractivity contribution in [3.05, 3.63) is 35.2 Å². The lowest BCUT2D eigenvalue weighted by Crippen LogP contribution is -2.15. The summed E-state index contributed by atoms with van der Waals surface area (Å²) in [6, 6.07) is 6.17. The molecule has 0 amide bonds. The summed E-state index contributed by atoms with van der Waals surface area (Å²) in [4.78, 5) is 10.7. The van der Waals surface area contributed by atoms with Crippen molar-refractivity contribution in [3.63, 3.8) is 0 Å². The van der Waals surface area contributed by atoms with Gasteiger partial charge in [0.05, 0.1) is 5.75 Å². The number of rotatable bonds is 7. The highest BCUT2D eigenvalue weighted by Crippen LogP contribution is 2.32. The minimum absolute atomic E-state index is 0.0255. The van der Waals surface area contributed by atoms with Crippen LogP contribution in [0.2, 0.25) is 0 Å². The number of hydrogen-bond acceptors (Lipinski definition) is 5. The van der Waals surface area contributed by atoms with E-state index < -0.39 is 5.97 Å². The number of aliphatic carboxylic acids is 1. The Morgan fingerprint density at radius 1 is 1.32 bits per heavy atom. The smallest absolute Gasteiger partial charge is 0.313 e. The molecule has 0 aliphatic heterocycles. The van der Waals surface area contributed by atoms with Gasteiger partial charge in [-0.3, -0.25) is 4.79 Å². The van der Waals surface area contributed by atoms with Crippen LogP contribution in [0.15, 0.2) is 23.4 Å². The summed E-state index contributed by atoms with van der Waals surface area (Å²) in [5.74, 6) is 0.618. The summed E-state index contributed by atoms with van der Waals surface area (Å²) in [5, 5.41) is 17.7. The predicted octanol–water partition coefficient (Wildman–Crippen LogP) is 3.66. The fourth-order valence-corrected chi connectivity index (χ4v) is 3.22. The maximum Gasteiger partial charge on any atom is 0.313 e. The molecule has 2 rings (SSSR count). The molecule has 7 heteroatoms. The molecule has 136 valence electrons. The normalized spacial score (nSPS) is 11.6. The van der Waals surface area contributed by atoms with E-state index >= 15 is 0 Å². The third kappa shape index (κ3) is 4.98. The minimum Gasteiger partial charge on any atom is -0.485 e. The first kappa shape index (κ1) is 19.3. The molecule has 0 aliphatic rings. The molecule has 2 aromatic rings. The number of carboxylic acids is 1. The molecule has 0 bridgehead atoms. The van der Waals surface area contributed by atoms with E-state index in [1.54, 1.807) is 0 Å². The van der Waals surface area contributed by atoms with E-state index in [0.717, 1.165) is 11.3 Å². The van der Waals surface area contributed by atoms with Crippen molar-refractivity contribution >= 4 is 17.7 Å². The van der Waals surface area contributed by atoms with Gasteiger partial charge in [0.2, 0.25) is 0 Å². The first-order valence-corrected chi connectivity index (χ1v) is 9.21. The third-order valence-electron chi connectivity index (χ3n) is 3.73. The SMILES string of the molecule is CCn1c(COc2ccc(C)cc2C(C)(C)C)nnc1SCC(=O)O. The van der Waals surface area contributed by atoms with Crippen LogP contribution in [0.5, 0.6) is 5.75 Å². The molecule has 0 radical (unpaired) electrons. The van der Waals surface area contributed by atoms with Crippen molar-refractivity contribution in [3.8, 4) is 5.75 Å². The maximum atomic E-state index is 10.7. The lowest BCUT2D eigenvalue weighted by Gasteiger charge is -2.23. The molecule has 0 aliphatic carbocycles. The number of ether oxygens (including phenoxy) is 1. The number of thioether (sulfide) groups is 1. The molecule has 0 spiro atoms. The van der Waals surface area contributed by atoms with Gasteiger partial charge in [-0.15, -0.1) is 10.2 Å². The second-order valence-electron chi connectivity index (χ2n) is 6.86. The number of carbonyl (C=O) groups is 1. The number of carboxylic acid groups (broad SMARTS) is 1. The summed E-state index contributed by atoms with van der Waals surface area (Å²) in [5.41, 5.74) is 2.32. The Kier molecular flexibility index (Phi) is 6.11. The Labute approximate surface area is 152 Å². The van der Waals surface area contributed by atoms with E-state index in [4.69, 9.17) is 9.84 Å². The number of aromatic nitrogens is 3. The lowest BCUT2D eigenvalue weighted by atomic mass is 9.85. The second kappa shape index (κ2) is 7.91. The Bertz CT molecular complexity index is 751. The van der Waals surface area contributed by atoms with Crippen molar-refractivity contribution in [1.82, 2.24) is 14.8 Å². The van der Waals surface area contributed by atoms with Gasteiger partial charge in [0.1, 0.15) is 12.4 Å². The van der Waals surface area contributed by atoms with Crippen molar-refractivity contribution in [1.29, 1.82) is 0 Å². The van der Waals surface area contributed by atoms with Crippen molar-refractivity contribution in [2.45, 2.75) is 58.3 Å². The predicted molar refractivity (Wildman–Crippen MR) is 98.3 cm³/mol. The minimum atomic E-state index is -0.872. The van der Waals surface area contributed by atoms with E-state index in [0.29, 0.717) is 24.1 Å². The summed E-state index contributed by atoms with van der Waals surface area (Å²) in [6.45, 7) is 11.5. The maximum absolute atomic E-state index is 10.7. The average molecular weight is 363 g/mol. The molecule has 0 saturated carbocycles. The average Bonchev–Trinajstić information content (AvgIpc) is 2.92. The van der Waals surface area contributed by atoms with E-state index in [1.807, 2.05) is 23.6 Å². The quantitative estimate of drug-likeness (QED) is 0.757. The van der Waals surface area contributed by atoms with E-state index in [2.05, 4.69) is 44.0 Å². The number of aryl methyl sites for hydroxylation is 1. The van der Waals surface area contributed by atoms with Crippen molar-refractivity contribution in [2.75, 3.05) is 5.75 Å². The molecule has 1 heterocycles. The lowest BCUT2D eigenvalue weighted by molar-refractivity contribution is -0.133. The van der Waals surface area contributed by atoms with Gasteiger partial charge in [0, 0.05) is 6.54 Å². The van der Waals surface area contributed by atoms with Crippen LogP contribution in [0.4, 0.5) is 0 Å². The highest BCUT2D eigenvalue weighted by Gasteiger charge is 2.20. The standard InChI is InChI=1S/C18H25N3O3S/c1-6-21-15(19-20-17(21)25-11-16(22)23)10-24-14-8-7-12(2)9-13(14)18(3,4)5/h7-9H,6,10-11H2,1-5H3,(H,22,23). The van der Waals surface area contributed by atoms with Crippen molar-refractivity contribution < 1.29 is 14.6 Å². The molecule has 0 unspecified atom stereocenters. The van der Waals surface area contributed by atoms with Crippen LogP contribution in [0.3, 0.4) is 0 Å². The molecule has 6 nitrogen and oxygen atoms in total. The van der Waals surface area contributed by atoms with Gasteiger partial charge in [-0.25, -0.2) is 0 Å². The highest BCUT2D eigenvalue weighted by molar-refractivity contribution is 7.99. The molecule has 1 aromatic heterocycles. The van der Waals surface area contributed by atoms with Gasteiger partial charge in [-0.2, -0.15) is 0 Å². The van der Waals surface area contributed by atoms with Crippen LogP contribution in [0.25, 0.3) is 0 Å². The third-order valence-corrected chi connectivity index (χ3v) is 4.69. The van der Waals surface area contributed by atoms with Gasteiger partial charge < -0.3 is 14.4 Å². The Morgan fingerprint density at radius 2 is 2.04 bits per heavy atom. The number of hydrogen-bond donors (Lipinski definition) is 1. The first-order chi connectivity index (χ1) is 11.7. The zero-order valence-corrected chi connectivity index (χ0v) is 16.2. The zero-order chi connectivity index (χ0) is 18.6. The topological polar surface area (TPSA) is 77.2 Å². The second-order valence-corrected chi connectivity index (χ2v) is 7.81. The fourth-order valence-electron chi connectivity index (χ4n) is 2.47. The number of benzene rings is 1. The molecule has 1 N–H and O–H groups in total. The van der Waals surface area contributed by atoms with Crippen molar-refractivity contribution in [2.24, 2.45) is 0 Å². The molecule has 0 saturated heterocycles. The molecule has 0 fully saturated rings. The van der Waals surface area contributed by atoms with E-state index in [9.17, 15) is 4.79 Å². The van der Waals surface area contributed by atoms with Crippen LogP contribution in [-0.4, -0.2) is 31.6 Å². The van der Waals surface area contributed by atoms with Crippen LogP contribution in [0.1, 0.15) is 44.6 Å². The van der Waals surface area contributed by atoms with E-state index in [-0.39, 0.29) is 11.2 Å². The number of nitrogens with zero attached hydrogens (tertiary/aromatic N) is 3. The molecular weight excluding hydrogens is 338 g/mol. The molecule has 25 heavy (non-hydrogen) atoms. The van der Waals surface area contributed by atoms with Crippen LogP contribution in [0, 0.1) is 6.92 Å². The Hall–Kier alpha value is -2.02. The fraction of sp³-hybridized carbons (Fsp3) is 0.500. The molecule has 0 atom stereocenters. The van der Waals surface area contributed by atoms with Crippen LogP contribution in [-0.2, 0) is 23.4 Å². The van der Waals surface area contributed by atoms with E-state index in [1.165, 1.54) is 17.3 Å². The largest absolute Gasteiger partial charge is 0.485 e. The highest BCUT2D eigenvalue weighted by atomic mass is 32.2.